The van der Waals surface area contributed by atoms with Crippen molar-refractivity contribution in [3.63, 3.8) is 0 Å². The quantitative estimate of drug-likeness (QED) is 0.453. The topological polar surface area (TPSA) is 93.1 Å². The largest absolute Gasteiger partial charge is 0.458 e. The summed E-state index contributed by atoms with van der Waals surface area (Å²) in [6.45, 7) is 12.5. The molecule has 0 aromatic carbocycles. The second kappa shape index (κ2) is 8.01. The van der Waals surface area contributed by atoms with Gasteiger partial charge in [-0.25, -0.2) is 9.59 Å². The van der Waals surface area contributed by atoms with Gasteiger partial charge in [0.25, 0.3) is 0 Å². The van der Waals surface area contributed by atoms with Crippen molar-refractivity contribution < 1.29 is 29.3 Å². The number of rotatable bonds is 3. The van der Waals surface area contributed by atoms with Crippen LogP contribution in [0.25, 0.3) is 0 Å². The zero-order chi connectivity index (χ0) is 19.6. The number of fused-ring (bicyclic) bond motifs is 1. The molecule has 0 unspecified atom stereocenters. The lowest BCUT2D eigenvalue weighted by Gasteiger charge is -2.28. The Bertz CT molecular complexity index is 684. The van der Waals surface area contributed by atoms with Gasteiger partial charge in [0.15, 0.2) is 0 Å². The summed E-state index contributed by atoms with van der Waals surface area (Å²) in [5, 5.41) is 19.7. The average Bonchev–Trinajstić information content (AvgIpc) is 2.78. The Balaban J connectivity index is 2.40. The van der Waals surface area contributed by atoms with Crippen molar-refractivity contribution >= 4 is 11.9 Å². The minimum absolute atomic E-state index is 0.0668. The standard InChI is InChI=1S/C20H26O6/c1-10-6-15(22)7-11(2)9-17-18(13(4)20(24)26-17)16(8-10)25-19(23)12(3)14(5)21/h6,9,14-18,21-22H,3-4,7-8H2,1-2,5H3/b10-6+,11-9+/t14-,15+,16+,17+,18+/m0/s1. The van der Waals surface area contributed by atoms with E-state index in [1.807, 2.05) is 13.8 Å². The Morgan fingerprint density at radius 3 is 2.54 bits per heavy atom. The third kappa shape index (κ3) is 4.51. The maximum atomic E-state index is 12.3. The highest BCUT2D eigenvalue weighted by Crippen LogP contribution is 2.36. The molecule has 1 saturated heterocycles. The zero-order valence-electron chi connectivity index (χ0n) is 15.4. The summed E-state index contributed by atoms with van der Waals surface area (Å²) in [4.78, 5) is 24.3. The number of carbonyl (C=O) groups is 2. The van der Waals surface area contributed by atoms with Crippen LogP contribution in [0.2, 0.25) is 0 Å². The summed E-state index contributed by atoms with van der Waals surface area (Å²) >= 11 is 0. The van der Waals surface area contributed by atoms with E-state index >= 15 is 0 Å². The van der Waals surface area contributed by atoms with Crippen LogP contribution in [-0.4, -0.2) is 46.6 Å². The minimum Gasteiger partial charge on any atom is -0.458 e. The fourth-order valence-electron chi connectivity index (χ4n) is 3.26. The van der Waals surface area contributed by atoms with Crippen LogP contribution in [0.1, 0.15) is 33.6 Å². The molecule has 0 radical (unpaired) electrons. The summed E-state index contributed by atoms with van der Waals surface area (Å²) in [5.41, 5.74) is 1.86. The lowest BCUT2D eigenvalue weighted by atomic mass is 9.85. The van der Waals surface area contributed by atoms with Gasteiger partial charge < -0.3 is 19.7 Å². The van der Waals surface area contributed by atoms with Crippen LogP contribution in [-0.2, 0) is 19.1 Å². The van der Waals surface area contributed by atoms with E-state index in [4.69, 9.17) is 9.47 Å². The fourth-order valence-corrected chi connectivity index (χ4v) is 3.26. The van der Waals surface area contributed by atoms with Gasteiger partial charge >= 0.3 is 11.9 Å². The van der Waals surface area contributed by atoms with Gasteiger partial charge in [-0.3, -0.25) is 0 Å². The second-order valence-corrected chi connectivity index (χ2v) is 7.07. The first-order valence-corrected chi connectivity index (χ1v) is 8.60. The zero-order valence-corrected chi connectivity index (χ0v) is 15.4. The van der Waals surface area contributed by atoms with Crippen LogP contribution in [0.4, 0.5) is 0 Å². The summed E-state index contributed by atoms with van der Waals surface area (Å²) in [6, 6.07) is 0. The highest BCUT2D eigenvalue weighted by molar-refractivity contribution is 5.92. The molecule has 6 nitrogen and oxygen atoms in total. The number of hydrogen-bond donors (Lipinski definition) is 2. The van der Waals surface area contributed by atoms with Gasteiger partial charge in [0, 0.05) is 12.0 Å². The van der Waals surface area contributed by atoms with Gasteiger partial charge in [0.2, 0.25) is 0 Å². The number of ether oxygens (including phenoxy) is 2. The van der Waals surface area contributed by atoms with E-state index in [9.17, 15) is 19.8 Å². The number of aliphatic hydroxyl groups is 2. The number of carbonyl (C=O) groups excluding carboxylic acids is 2. The van der Waals surface area contributed by atoms with Crippen LogP contribution in [0.15, 0.2) is 47.6 Å². The van der Waals surface area contributed by atoms with Crippen LogP contribution < -0.4 is 0 Å². The third-order valence-electron chi connectivity index (χ3n) is 4.67. The normalized spacial score (nSPS) is 34.5. The number of aliphatic hydroxyl groups excluding tert-OH is 2. The van der Waals surface area contributed by atoms with Gasteiger partial charge in [-0.1, -0.05) is 30.4 Å². The maximum Gasteiger partial charge on any atom is 0.336 e. The first-order valence-electron chi connectivity index (χ1n) is 8.60. The van der Waals surface area contributed by atoms with Gasteiger partial charge in [-0.2, -0.15) is 0 Å². The molecule has 2 rings (SSSR count). The maximum absolute atomic E-state index is 12.3. The molecule has 5 atom stereocenters. The van der Waals surface area contributed by atoms with Crippen molar-refractivity contribution in [2.24, 2.45) is 5.92 Å². The van der Waals surface area contributed by atoms with E-state index in [0.29, 0.717) is 12.8 Å². The second-order valence-electron chi connectivity index (χ2n) is 7.07. The average molecular weight is 362 g/mol. The van der Waals surface area contributed by atoms with Crippen molar-refractivity contribution in [1.82, 2.24) is 0 Å². The van der Waals surface area contributed by atoms with Gasteiger partial charge in [-0.15, -0.1) is 0 Å². The van der Waals surface area contributed by atoms with Gasteiger partial charge in [0.1, 0.15) is 12.2 Å². The van der Waals surface area contributed by atoms with E-state index in [1.54, 1.807) is 12.2 Å². The molecule has 0 amide bonds. The first-order chi connectivity index (χ1) is 12.1. The molecular formula is C20H26O6. The summed E-state index contributed by atoms with van der Waals surface area (Å²) in [7, 11) is 0. The number of esters is 2. The van der Waals surface area contributed by atoms with E-state index < -0.39 is 42.3 Å². The van der Waals surface area contributed by atoms with Crippen molar-refractivity contribution in [3.05, 3.63) is 47.6 Å². The predicted octanol–water partition coefficient (Wildman–Crippen LogP) is 1.98. The Hall–Kier alpha value is -2.18. The molecule has 0 aromatic rings. The molecule has 0 aromatic heterocycles. The van der Waals surface area contributed by atoms with Crippen molar-refractivity contribution in [1.29, 1.82) is 0 Å². The van der Waals surface area contributed by atoms with E-state index in [0.717, 1.165) is 11.1 Å². The van der Waals surface area contributed by atoms with Crippen molar-refractivity contribution in [3.8, 4) is 0 Å². The number of hydrogen-bond acceptors (Lipinski definition) is 6. The molecule has 6 heteroatoms. The van der Waals surface area contributed by atoms with Gasteiger partial charge in [0.05, 0.1) is 23.7 Å². The highest BCUT2D eigenvalue weighted by Gasteiger charge is 2.44. The van der Waals surface area contributed by atoms with Crippen LogP contribution in [0, 0.1) is 5.92 Å². The van der Waals surface area contributed by atoms with E-state index in [1.165, 1.54) is 6.92 Å². The van der Waals surface area contributed by atoms with E-state index in [2.05, 4.69) is 13.2 Å². The van der Waals surface area contributed by atoms with Crippen LogP contribution in [0.5, 0.6) is 0 Å². The lowest BCUT2D eigenvalue weighted by Crippen LogP contribution is -2.34. The molecule has 0 saturated carbocycles. The van der Waals surface area contributed by atoms with Crippen molar-refractivity contribution in [2.75, 3.05) is 0 Å². The van der Waals surface area contributed by atoms with Crippen LogP contribution in [0.3, 0.4) is 0 Å². The Morgan fingerprint density at radius 2 is 1.92 bits per heavy atom. The Kier molecular flexibility index (Phi) is 6.21. The lowest BCUT2D eigenvalue weighted by molar-refractivity contribution is -0.148. The molecule has 0 spiro atoms. The molecule has 1 aliphatic heterocycles. The minimum atomic E-state index is -1.04. The first kappa shape index (κ1) is 20.1. The molecule has 2 N–H and O–H groups in total. The Morgan fingerprint density at radius 1 is 1.31 bits per heavy atom. The molecular weight excluding hydrogens is 336 g/mol. The fraction of sp³-hybridized carbons (Fsp3) is 0.500. The monoisotopic (exact) mass is 362 g/mol. The third-order valence-corrected chi connectivity index (χ3v) is 4.67. The summed E-state index contributed by atoms with van der Waals surface area (Å²) in [5.74, 6) is -1.80. The molecule has 2 aliphatic rings. The predicted molar refractivity (Wildman–Crippen MR) is 96.0 cm³/mol. The SMILES string of the molecule is C=C1C(=O)O[C@@H]2/C=C(\C)C[C@H](O)/C=C(\C)C[C@@H](OC(=O)C(=C)[C@H](C)O)[C@@H]12. The highest BCUT2D eigenvalue weighted by atomic mass is 16.6. The Labute approximate surface area is 153 Å². The molecule has 1 fully saturated rings. The molecule has 1 aliphatic carbocycles. The molecule has 142 valence electrons. The molecule has 0 bridgehead atoms. The van der Waals surface area contributed by atoms with Crippen molar-refractivity contribution in [2.45, 2.75) is 58.0 Å². The molecule has 26 heavy (non-hydrogen) atoms. The van der Waals surface area contributed by atoms with E-state index in [-0.39, 0.29) is 11.1 Å². The van der Waals surface area contributed by atoms with Crippen LogP contribution >= 0.6 is 0 Å². The smallest absolute Gasteiger partial charge is 0.336 e. The van der Waals surface area contributed by atoms with Gasteiger partial charge in [-0.05, 0) is 33.3 Å². The summed E-state index contributed by atoms with van der Waals surface area (Å²) < 4.78 is 11.0. The summed E-state index contributed by atoms with van der Waals surface area (Å²) in [6.07, 6.45) is 1.15. The molecule has 1 heterocycles.